The van der Waals surface area contributed by atoms with Gasteiger partial charge in [-0.1, -0.05) is 44.2 Å². The Morgan fingerprint density at radius 3 is 2.34 bits per heavy atom. The minimum atomic E-state index is -3.89. The van der Waals surface area contributed by atoms with Crippen LogP contribution < -0.4 is 10.0 Å². The Kier molecular flexibility index (Phi) is 10.6. The van der Waals surface area contributed by atoms with Crippen LogP contribution in [-0.2, 0) is 21.4 Å². The summed E-state index contributed by atoms with van der Waals surface area (Å²) in [6, 6.07) is 8.60. The molecular formula is C24H43N3O6S2. The van der Waals surface area contributed by atoms with E-state index in [4.69, 9.17) is 0 Å². The highest BCUT2D eigenvalue weighted by molar-refractivity contribution is 8.24. The van der Waals surface area contributed by atoms with Gasteiger partial charge in [-0.15, -0.1) is 0 Å². The second-order valence-electron chi connectivity index (χ2n) is 11.0. The molecular weight excluding hydrogens is 490 g/mol. The maximum atomic E-state index is 13.1. The summed E-state index contributed by atoms with van der Waals surface area (Å²) in [4.78, 5) is 13.1. The molecule has 1 amide bonds. The maximum absolute atomic E-state index is 13.1. The first-order valence-corrected chi connectivity index (χ1v) is 15.5. The number of amides is 1. The summed E-state index contributed by atoms with van der Waals surface area (Å²) >= 11 is 0. The van der Waals surface area contributed by atoms with Crippen molar-refractivity contribution < 1.29 is 27.4 Å². The molecule has 1 aromatic rings. The smallest absolute Gasteiger partial charge is 0.280 e. The molecule has 0 radical (unpaired) electrons. The fourth-order valence-electron chi connectivity index (χ4n) is 4.17. The van der Waals surface area contributed by atoms with Gasteiger partial charge in [0.25, 0.3) is 10.2 Å². The van der Waals surface area contributed by atoms with Crippen molar-refractivity contribution in [3.05, 3.63) is 35.9 Å². The van der Waals surface area contributed by atoms with E-state index in [1.807, 2.05) is 44.2 Å². The van der Waals surface area contributed by atoms with Crippen LogP contribution in [0.3, 0.4) is 0 Å². The number of hydrogen-bond acceptors (Lipinski definition) is 6. The zero-order valence-electron chi connectivity index (χ0n) is 21.5. The first-order valence-electron chi connectivity index (χ1n) is 12.1. The summed E-state index contributed by atoms with van der Waals surface area (Å²) in [6.45, 7) is 9.07. The van der Waals surface area contributed by atoms with Gasteiger partial charge in [0.2, 0.25) is 5.91 Å². The van der Waals surface area contributed by atoms with Gasteiger partial charge >= 0.3 is 0 Å². The number of rotatable bonds is 11. The maximum Gasteiger partial charge on any atom is 0.280 e. The van der Waals surface area contributed by atoms with Crippen molar-refractivity contribution in [2.45, 2.75) is 71.6 Å². The third-order valence-electron chi connectivity index (χ3n) is 5.69. The summed E-state index contributed by atoms with van der Waals surface area (Å²) in [6.07, 6.45) is 0.210. The van der Waals surface area contributed by atoms with Crippen LogP contribution in [0.4, 0.5) is 0 Å². The minimum absolute atomic E-state index is 0.0103. The van der Waals surface area contributed by atoms with E-state index in [0.29, 0.717) is 25.0 Å². The van der Waals surface area contributed by atoms with Crippen molar-refractivity contribution in [2.75, 3.05) is 24.6 Å². The third kappa shape index (κ3) is 10.4. The average molecular weight is 534 g/mol. The van der Waals surface area contributed by atoms with Crippen LogP contribution in [-0.4, -0.2) is 75.1 Å². The molecule has 3 atom stereocenters. The zero-order valence-corrected chi connectivity index (χ0v) is 23.1. The SMILES string of the molecule is CC(C)CN(CC(O)C(Cc1ccccc1)NC(=O)C1CCCS(O)(O)C1)S(=O)(=O)NC(C)(C)C. The molecule has 1 saturated heterocycles. The summed E-state index contributed by atoms with van der Waals surface area (Å²) in [5, 5.41) is 14.1. The first-order chi connectivity index (χ1) is 16.1. The predicted molar refractivity (Wildman–Crippen MR) is 142 cm³/mol. The number of nitrogens with one attached hydrogen (secondary N) is 2. The molecule has 0 aromatic heterocycles. The number of nitrogens with zero attached hydrogens (tertiary/aromatic N) is 1. The molecule has 5 N–H and O–H groups in total. The van der Waals surface area contributed by atoms with Crippen molar-refractivity contribution in [1.82, 2.24) is 14.3 Å². The summed E-state index contributed by atoms with van der Waals surface area (Å²) in [7, 11) is -6.67. The highest BCUT2D eigenvalue weighted by Gasteiger charge is 2.35. The van der Waals surface area contributed by atoms with E-state index in [1.165, 1.54) is 4.31 Å². The molecule has 1 fully saturated rings. The van der Waals surface area contributed by atoms with E-state index in [9.17, 15) is 27.4 Å². The van der Waals surface area contributed by atoms with Crippen LogP contribution in [0, 0.1) is 11.8 Å². The van der Waals surface area contributed by atoms with Crippen molar-refractivity contribution in [3.8, 4) is 0 Å². The highest BCUT2D eigenvalue weighted by atomic mass is 32.3. The Bertz CT molecular complexity index is 919. The molecule has 11 heteroatoms. The van der Waals surface area contributed by atoms with E-state index >= 15 is 0 Å². The lowest BCUT2D eigenvalue weighted by molar-refractivity contribution is -0.126. The van der Waals surface area contributed by atoms with Crippen LogP contribution >= 0.6 is 10.6 Å². The molecule has 0 aliphatic carbocycles. The Hall–Kier alpha value is -1.21. The van der Waals surface area contributed by atoms with Crippen LogP contribution in [0.25, 0.3) is 0 Å². The van der Waals surface area contributed by atoms with Crippen LogP contribution in [0.5, 0.6) is 0 Å². The van der Waals surface area contributed by atoms with E-state index in [1.54, 1.807) is 20.8 Å². The molecule has 1 heterocycles. The van der Waals surface area contributed by atoms with Crippen LogP contribution in [0.15, 0.2) is 30.3 Å². The summed E-state index contributed by atoms with van der Waals surface area (Å²) in [5.74, 6) is -0.576. The van der Waals surface area contributed by atoms with Gasteiger partial charge in [0.1, 0.15) is 0 Å². The monoisotopic (exact) mass is 533 g/mol. The molecule has 1 aromatic carbocycles. The molecule has 3 unspecified atom stereocenters. The average Bonchev–Trinajstić information content (AvgIpc) is 2.70. The fraction of sp³-hybridized carbons (Fsp3) is 0.708. The molecule has 35 heavy (non-hydrogen) atoms. The first kappa shape index (κ1) is 30.0. The largest absolute Gasteiger partial charge is 0.390 e. The van der Waals surface area contributed by atoms with Crippen molar-refractivity contribution >= 4 is 26.7 Å². The predicted octanol–water partition coefficient (Wildman–Crippen LogP) is 2.83. The van der Waals surface area contributed by atoms with Gasteiger partial charge in [0.15, 0.2) is 0 Å². The lowest BCUT2D eigenvalue weighted by Gasteiger charge is -2.40. The van der Waals surface area contributed by atoms with E-state index in [2.05, 4.69) is 10.0 Å². The molecule has 0 bridgehead atoms. The van der Waals surface area contributed by atoms with Gasteiger partial charge in [0.05, 0.1) is 18.1 Å². The number of aliphatic hydroxyl groups is 1. The van der Waals surface area contributed by atoms with E-state index < -0.39 is 44.4 Å². The van der Waals surface area contributed by atoms with Gasteiger partial charge in [-0.2, -0.15) is 28.0 Å². The topological polar surface area (TPSA) is 139 Å². The molecule has 202 valence electrons. The number of hydrogen-bond donors (Lipinski definition) is 5. The van der Waals surface area contributed by atoms with Crippen LogP contribution in [0.2, 0.25) is 0 Å². The Labute approximate surface area is 212 Å². The standard InChI is InChI=1S/C24H43N3O6S2/c1-18(2)15-27(35(32,33)26-24(3,4)5)16-22(28)21(14-19-10-7-6-8-11-19)25-23(29)20-12-9-13-34(30,31)17-20/h6-8,10-11,18,20-22,26,28,30-31H,9,12-17H2,1-5H3,(H,25,29). The van der Waals surface area contributed by atoms with Gasteiger partial charge in [-0.3, -0.25) is 13.9 Å². The molecule has 0 saturated carbocycles. The quantitative estimate of drug-likeness (QED) is 0.296. The Morgan fingerprint density at radius 2 is 1.80 bits per heavy atom. The molecule has 2 rings (SSSR count). The number of aliphatic hydroxyl groups excluding tert-OH is 1. The van der Waals surface area contributed by atoms with Gasteiger partial charge < -0.3 is 10.4 Å². The summed E-state index contributed by atoms with van der Waals surface area (Å²) in [5.41, 5.74) is 0.192. The Balaban J connectivity index is 2.25. The molecule has 0 spiro atoms. The van der Waals surface area contributed by atoms with Crippen LogP contribution in [0.1, 0.15) is 53.0 Å². The third-order valence-corrected chi connectivity index (χ3v) is 9.41. The number of benzene rings is 1. The van der Waals surface area contributed by atoms with Gasteiger partial charge in [0, 0.05) is 30.1 Å². The van der Waals surface area contributed by atoms with Gasteiger partial charge in [-0.25, -0.2) is 0 Å². The Morgan fingerprint density at radius 1 is 1.17 bits per heavy atom. The molecule has 1 aliphatic heterocycles. The zero-order chi connectivity index (χ0) is 26.4. The molecule has 9 nitrogen and oxygen atoms in total. The second kappa shape index (κ2) is 12.4. The molecule has 1 aliphatic rings. The van der Waals surface area contributed by atoms with E-state index in [0.717, 1.165) is 5.56 Å². The van der Waals surface area contributed by atoms with Gasteiger partial charge in [-0.05, 0) is 51.5 Å². The van der Waals surface area contributed by atoms with Crippen molar-refractivity contribution in [3.63, 3.8) is 0 Å². The normalized spacial score (nSPS) is 21.5. The number of carbonyl (C=O) groups is 1. The minimum Gasteiger partial charge on any atom is -0.390 e. The van der Waals surface area contributed by atoms with E-state index in [-0.39, 0.29) is 30.7 Å². The second-order valence-corrected chi connectivity index (χ2v) is 15.0. The van der Waals surface area contributed by atoms with Crippen molar-refractivity contribution in [1.29, 1.82) is 0 Å². The lowest BCUT2D eigenvalue weighted by Crippen LogP contribution is -2.56. The number of carbonyl (C=O) groups excluding carboxylic acids is 1. The van der Waals surface area contributed by atoms with Crippen molar-refractivity contribution in [2.24, 2.45) is 11.8 Å². The summed E-state index contributed by atoms with van der Waals surface area (Å²) < 4.78 is 50.3. The fourth-order valence-corrected chi connectivity index (χ4v) is 7.68. The highest BCUT2D eigenvalue weighted by Crippen LogP contribution is 2.46. The lowest BCUT2D eigenvalue weighted by atomic mass is 9.98.